The molecule has 0 saturated carbocycles. The van der Waals surface area contributed by atoms with Gasteiger partial charge in [0.1, 0.15) is 13.2 Å². The molecule has 2 N–H and O–H groups in total. The summed E-state index contributed by atoms with van der Waals surface area (Å²) in [5.41, 5.74) is 0.791. The quantitative estimate of drug-likeness (QED) is 0.769. The monoisotopic (exact) mass is 261 g/mol. The number of carbonyl (C=O) groups is 1. The van der Waals surface area contributed by atoms with Crippen molar-refractivity contribution in [1.82, 2.24) is 5.32 Å². The van der Waals surface area contributed by atoms with Crippen molar-refractivity contribution in [3.8, 4) is 17.6 Å². The molecule has 0 spiro atoms. The van der Waals surface area contributed by atoms with Gasteiger partial charge in [-0.3, -0.25) is 4.79 Å². The highest BCUT2D eigenvalue weighted by molar-refractivity contribution is 5.80. The molecule has 0 bridgehead atoms. The highest BCUT2D eigenvalue weighted by Crippen LogP contribution is 2.32. The number of fused-ring (bicyclic) bond motifs is 1. The molecule has 1 amide bonds. The molecule has 1 heterocycles. The molecule has 100 valence electrons. The van der Waals surface area contributed by atoms with Gasteiger partial charge in [-0.05, 0) is 12.1 Å². The number of benzene rings is 1. The molecule has 6 heteroatoms. The minimum absolute atomic E-state index is 0.148. The van der Waals surface area contributed by atoms with Crippen molar-refractivity contribution >= 4 is 11.6 Å². The lowest BCUT2D eigenvalue weighted by Gasteiger charge is -2.19. The van der Waals surface area contributed by atoms with Crippen molar-refractivity contribution in [3.63, 3.8) is 0 Å². The molecule has 0 saturated heterocycles. The van der Waals surface area contributed by atoms with E-state index in [4.69, 9.17) is 14.7 Å². The lowest BCUT2D eigenvalue weighted by molar-refractivity contribution is -0.119. The zero-order chi connectivity index (χ0) is 13.5. The number of ether oxygens (including phenoxy) is 2. The molecule has 0 aromatic heterocycles. The molecule has 0 aliphatic carbocycles. The fourth-order valence-corrected chi connectivity index (χ4v) is 1.66. The minimum Gasteiger partial charge on any atom is -0.486 e. The number of nitriles is 1. The number of nitrogens with one attached hydrogen (secondary N) is 2. The first-order chi connectivity index (χ1) is 9.29. The molecule has 0 atom stereocenters. The van der Waals surface area contributed by atoms with Crippen molar-refractivity contribution in [2.45, 2.75) is 6.42 Å². The second-order valence-corrected chi connectivity index (χ2v) is 3.97. The number of amides is 1. The number of anilines is 1. The number of hydrogen-bond donors (Lipinski definition) is 2. The van der Waals surface area contributed by atoms with E-state index in [0.29, 0.717) is 31.9 Å². The Morgan fingerprint density at radius 2 is 2.11 bits per heavy atom. The number of carbonyl (C=O) groups excluding carboxylic acids is 1. The molecule has 0 radical (unpaired) electrons. The van der Waals surface area contributed by atoms with Crippen LogP contribution >= 0.6 is 0 Å². The summed E-state index contributed by atoms with van der Waals surface area (Å²) in [7, 11) is 0. The van der Waals surface area contributed by atoms with Gasteiger partial charge in [-0.25, -0.2) is 0 Å². The maximum Gasteiger partial charge on any atom is 0.239 e. The van der Waals surface area contributed by atoms with Gasteiger partial charge in [0.25, 0.3) is 0 Å². The summed E-state index contributed by atoms with van der Waals surface area (Å²) in [6, 6.07) is 7.41. The molecule has 1 aliphatic heterocycles. The summed E-state index contributed by atoms with van der Waals surface area (Å²) >= 11 is 0. The summed E-state index contributed by atoms with van der Waals surface area (Å²) in [5, 5.41) is 14.0. The van der Waals surface area contributed by atoms with Crippen LogP contribution in [0.3, 0.4) is 0 Å². The Kier molecular flexibility index (Phi) is 4.45. The van der Waals surface area contributed by atoms with Crippen LogP contribution in [0.5, 0.6) is 11.5 Å². The topological polar surface area (TPSA) is 83.4 Å². The molecule has 1 aromatic carbocycles. The van der Waals surface area contributed by atoms with Crippen LogP contribution in [-0.4, -0.2) is 32.2 Å². The molecule has 2 rings (SSSR count). The van der Waals surface area contributed by atoms with E-state index in [1.54, 1.807) is 6.07 Å². The maximum atomic E-state index is 11.4. The highest BCUT2D eigenvalue weighted by Gasteiger charge is 2.11. The molecule has 19 heavy (non-hydrogen) atoms. The van der Waals surface area contributed by atoms with Crippen molar-refractivity contribution in [2.75, 3.05) is 31.6 Å². The minimum atomic E-state index is -0.148. The molecule has 1 aliphatic rings. The first kappa shape index (κ1) is 13.0. The van der Waals surface area contributed by atoms with Gasteiger partial charge in [0.2, 0.25) is 5.91 Å². The van der Waals surface area contributed by atoms with Crippen LogP contribution in [0.15, 0.2) is 18.2 Å². The van der Waals surface area contributed by atoms with Gasteiger partial charge in [-0.1, -0.05) is 0 Å². The number of rotatable bonds is 5. The Bertz CT molecular complexity index is 496. The Morgan fingerprint density at radius 1 is 1.32 bits per heavy atom. The summed E-state index contributed by atoms with van der Waals surface area (Å²) in [4.78, 5) is 11.4. The zero-order valence-corrected chi connectivity index (χ0v) is 10.4. The Balaban J connectivity index is 1.83. The number of nitrogens with zero attached hydrogens (tertiary/aromatic N) is 1. The van der Waals surface area contributed by atoms with E-state index in [1.165, 1.54) is 0 Å². The third-order valence-electron chi connectivity index (χ3n) is 2.55. The fourth-order valence-electron chi connectivity index (χ4n) is 1.66. The SMILES string of the molecule is N#CCCNC(=O)CNc1ccc2c(c1)OCCO2. The lowest BCUT2D eigenvalue weighted by atomic mass is 10.2. The molecule has 6 nitrogen and oxygen atoms in total. The van der Waals surface area contributed by atoms with Crippen molar-refractivity contribution < 1.29 is 14.3 Å². The Hall–Kier alpha value is -2.42. The molecule has 0 unspecified atom stereocenters. The third-order valence-corrected chi connectivity index (χ3v) is 2.55. The predicted octanol–water partition coefficient (Wildman–Crippen LogP) is 0.900. The smallest absolute Gasteiger partial charge is 0.239 e. The second-order valence-electron chi connectivity index (χ2n) is 3.97. The summed E-state index contributed by atoms with van der Waals surface area (Å²) in [5.74, 6) is 1.25. The predicted molar refractivity (Wildman–Crippen MR) is 69.2 cm³/mol. The fraction of sp³-hybridized carbons (Fsp3) is 0.385. The van der Waals surface area contributed by atoms with Gasteiger partial charge in [-0.15, -0.1) is 0 Å². The first-order valence-corrected chi connectivity index (χ1v) is 6.07. The van der Waals surface area contributed by atoms with E-state index in [0.717, 1.165) is 11.4 Å². The van der Waals surface area contributed by atoms with E-state index >= 15 is 0 Å². The van der Waals surface area contributed by atoms with Gasteiger partial charge in [-0.2, -0.15) is 5.26 Å². The lowest BCUT2D eigenvalue weighted by Crippen LogP contribution is -2.30. The van der Waals surface area contributed by atoms with Crippen LogP contribution in [0, 0.1) is 11.3 Å². The van der Waals surface area contributed by atoms with E-state index in [-0.39, 0.29) is 12.5 Å². The van der Waals surface area contributed by atoms with E-state index in [1.807, 2.05) is 18.2 Å². The average Bonchev–Trinajstić information content (AvgIpc) is 2.45. The van der Waals surface area contributed by atoms with Crippen LogP contribution in [0.1, 0.15) is 6.42 Å². The van der Waals surface area contributed by atoms with Gasteiger partial charge in [0.05, 0.1) is 19.0 Å². The maximum absolute atomic E-state index is 11.4. The molecular weight excluding hydrogens is 246 g/mol. The van der Waals surface area contributed by atoms with Crippen LogP contribution in [0.4, 0.5) is 5.69 Å². The second kappa shape index (κ2) is 6.50. The Morgan fingerprint density at radius 3 is 2.89 bits per heavy atom. The van der Waals surface area contributed by atoms with Crippen LogP contribution in [-0.2, 0) is 4.79 Å². The Labute approximate surface area is 111 Å². The molecule has 1 aromatic rings. The average molecular weight is 261 g/mol. The zero-order valence-electron chi connectivity index (χ0n) is 10.4. The first-order valence-electron chi connectivity index (χ1n) is 6.07. The standard InChI is InChI=1S/C13H15N3O3/c14-4-1-5-15-13(17)9-16-10-2-3-11-12(8-10)19-7-6-18-11/h2-3,8,16H,1,5-7,9H2,(H,15,17). The van der Waals surface area contributed by atoms with Gasteiger partial charge < -0.3 is 20.1 Å². The van der Waals surface area contributed by atoms with Crippen molar-refractivity contribution in [1.29, 1.82) is 5.26 Å². The van der Waals surface area contributed by atoms with Crippen LogP contribution in [0.25, 0.3) is 0 Å². The highest BCUT2D eigenvalue weighted by atomic mass is 16.6. The van der Waals surface area contributed by atoms with E-state index in [2.05, 4.69) is 10.6 Å². The molecular formula is C13H15N3O3. The molecule has 0 fully saturated rings. The van der Waals surface area contributed by atoms with Gasteiger partial charge in [0, 0.05) is 18.3 Å². The summed E-state index contributed by atoms with van der Waals surface area (Å²) in [6.45, 7) is 1.62. The third kappa shape index (κ3) is 3.78. The van der Waals surface area contributed by atoms with Gasteiger partial charge in [0.15, 0.2) is 11.5 Å². The van der Waals surface area contributed by atoms with E-state index in [9.17, 15) is 4.79 Å². The van der Waals surface area contributed by atoms with Crippen molar-refractivity contribution in [2.24, 2.45) is 0 Å². The largest absolute Gasteiger partial charge is 0.486 e. The normalized spacial score (nSPS) is 12.4. The van der Waals surface area contributed by atoms with Crippen molar-refractivity contribution in [3.05, 3.63) is 18.2 Å². The summed E-state index contributed by atoms with van der Waals surface area (Å²) < 4.78 is 10.9. The van der Waals surface area contributed by atoms with Crippen LogP contribution < -0.4 is 20.1 Å². The number of hydrogen-bond acceptors (Lipinski definition) is 5. The summed E-state index contributed by atoms with van der Waals surface area (Å²) in [6.07, 6.45) is 0.315. The van der Waals surface area contributed by atoms with Gasteiger partial charge >= 0.3 is 0 Å². The van der Waals surface area contributed by atoms with Crippen LogP contribution in [0.2, 0.25) is 0 Å². The van der Waals surface area contributed by atoms with E-state index < -0.39 is 0 Å².